The molecule has 1 atom stereocenters. The number of likely N-dealkylation sites (tertiary alicyclic amines) is 1. The van der Waals surface area contributed by atoms with Crippen LogP contribution in [0.3, 0.4) is 0 Å². The van der Waals surface area contributed by atoms with Crippen molar-refractivity contribution in [2.24, 2.45) is 0 Å². The van der Waals surface area contributed by atoms with Gasteiger partial charge in [0.15, 0.2) is 0 Å². The van der Waals surface area contributed by atoms with E-state index in [0.717, 1.165) is 25.1 Å². The highest BCUT2D eigenvalue weighted by Crippen LogP contribution is 2.34. The van der Waals surface area contributed by atoms with Crippen LogP contribution in [0.25, 0.3) is 0 Å². The molecule has 1 aromatic carbocycles. The predicted molar refractivity (Wildman–Crippen MR) is 89.5 cm³/mol. The number of carbonyl (C=O) groups is 1. The molecule has 3 rings (SSSR count). The molecule has 1 fully saturated rings. The lowest BCUT2D eigenvalue weighted by atomic mass is 9.99. The van der Waals surface area contributed by atoms with Gasteiger partial charge in [0.2, 0.25) is 5.76 Å². The SMILES string of the molecule is Cc1cc(C)cc(C2CCCN2C(=O)c2cc(C(C)C)no2)c1. The molecule has 0 radical (unpaired) electrons. The van der Waals surface area contributed by atoms with Crippen molar-refractivity contribution in [3.63, 3.8) is 0 Å². The summed E-state index contributed by atoms with van der Waals surface area (Å²) in [6, 6.07) is 8.44. The number of aryl methyl sites for hydroxylation is 2. The zero-order valence-electron chi connectivity index (χ0n) is 14.3. The van der Waals surface area contributed by atoms with Crippen molar-refractivity contribution in [3.05, 3.63) is 52.4 Å². The Labute approximate surface area is 137 Å². The van der Waals surface area contributed by atoms with Gasteiger partial charge in [0, 0.05) is 12.6 Å². The first-order valence-corrected chi connectivity index (χ1v) is 8.31. The summed E-state index contributed by atoms with van der Waals surface area (Å²) in [5, 5.41) is 4.01. The minimum Gasteiger partial charge on any atom is -0.351 e. The summed E-state index contributed by atoms with van der Waals surface area (Å²) >= 11 is 0. The minimum absolute atomic E-state index is 0.0499. The zero-order chi connectivity index (χ0) is 16.6. The lowest BCUT2D eigenvalue weighted by Gasteiger charge is -2.24. The van der Waals surface area contributed by atoms with Crippen molar-refractivity contribution in [3.8, 4) is 0 Å². The minimum atomic E-state index is -0.0499. The summed E-state index contributed by atoms with van der Waals surface area (Å²) in [4.78, 5) is 14.8. The van der Waals surface area contributed by atoms with Crippen LogP contribution in [-0.2, 0) is 0 Å². The smallest absolute Gasteiger partial charge is 0.292 e. The first-order chi connectivity index (χ1) is 11.0. The number of rotatable bonds is 3. The quantitative estimate of drug-likeness (QED) is 0.844. The zero-order valence-corrected chi connectivity index (χ0v) is 14.3. The molecule has 0 spiro atoms. The second-order valence-corrected chi connectivity index (χ2v) is 6.85. The molecule has 1 aliphatic heterocycles. The topological polar surface area (TPSA) is 46.3 Å². The Morgan fingerprint density at radius 1 is 1.22 bits per heavy atom. The van der Waals surface area contributed by atoms with Crippen LogP contribution in [0.1, 0.15) is 71.6 Å². The fraction of sp³-hybridized carbons (Fsp3) is 0.474. The molecule has 1 aromatic heterocycles. The second-order valence-electron chi connectivity index (χ2n) is 6.85. The first-order valence-electron chi connectivity index (χ1n) is 8.31. The lowest BCUT2D eigenvalue weighted by Crippen LogP contribution is -2.30. The lowest BCUT2D eigenvalue weighted by molar-refractivity contribution is 0.0693. The molecule has 2 aromatic rings. The van der Waals surface area contributed by atoms with Crippen molar-refractivity contribution < 1.29 is 9.32 Å². The van der Waals surface area contributed by atoms with Gasteiger partial charge in [0.25, 0.3) is 5.91 Å². The summed E-state index contributed by atoms with van der Waals surface area (Å²) in [7, 11) is 0. The van der Waals surface area contributed by atoms with Crippen molar-refractivity contribution in [2.45, 2.75) is 52.5 Å². The van der Waals surface area contributed by atoms with Crippen LogP contribution < -0.4 is 0 Å². The van der Waals surface area contributed by atoms with E-state index in [9.17, 15) is 4.79 Å². The molecule has 1 aliphatic rings. The standard InChI is InChI=1S/C19H24N2O2/c1-12(2)16-11-18(23-20-16)19(22)21-7-5-6-17(21)15-9-13(3)8-14(4)10-15/h8-12,17H,5-7H2,1-4H3. The van der Waals surface area contributed by atoms with Crippen molar-refractivity contribution >= 4 is 5.91 Å². The summed E-state index contributed by atoms with van der Waals surface area (Å²) in [6.07, 6.45) is 2.02. The third kappa shape index (κ3) is 3.16. The van der Waals surface area contributed by atoms with Gasteiger partial charge >= 0.3 is 0 Å². The molecule has 122 valence electrons. The molecule has 1 unspecified atom stereocenters. The number of hydrogen-bond acceptors (Lipinski definition) is 3. The summed E-state index contributed by atoms with van der Waals surface area (Å²) in [5.74, 6) is 0.560. The van der Waals surface area contributed by atoms with E-state index in [1.165, 1.54) is 16.7 Å². The Bertz CT molecular complexity index is 698. The van der Waals surface area contributed by atoms with E-state index < -0.39 is 0 Å². The number of nitrogens with zero attached hydrogens (tertiary/aromatic N) is 2. The molecule has 0 bridgehead atoms. The van der Waals surface area contributed by atoms with E-state index in [-0.39, 0.29) is 17.9 Å². The van der Waals surface area contributed by atoms with Crippen molar-refractivity contribution in [2.75, 3.05) is 6.54 Å². The summed E-state index contributed by atoms with van der Waals surface area (Å²) in [6.45, 7) is 9.06. The Hall–Kier alpha value is -2.10. The summed E-state index contributed by atoms with van der Waals surface area (Å²) in [5.41, 5.74) is 4.52. The molecule has 4 heteroatoms. The highest BCUT2D eigenvalue weighted by molar-refractivity contribution is 5.92. The molecule has 0 N–H and O–H groups in total. The molecule has 0 aliphatic carbocycles. The molecule has 0 saturated carbocycles. The largest absolute Gasteiger partial charge is 0.351 e. The fourth-order valence-electron chi connectivity index (χ4n) is 3.36. The normalized spacial score (nSPS) is 18.0. The molecule has 4 nitrogen and oxygen atoms in total. The Morgan fingerprint density at radius 3 is 2.52 bits per heavy atom. The van der Waals surface area contributed by atoms with Gasteiger partial charge in [-0.25, -0.2) is 0 Å². The number of benzene rings is 1. The van der Waals surface area contributed by atoms with E-state index in [0.29, 0.717) is 5.76 Å². The Morgan fingerprint density at radius 2 is 1.91 bits per heavy atom. The van der Waals surface area contributed by atoms with Crippen LogP contribution in [0.15, 0.2) is 28.8 Å². The van der Waals surface area contributed by atoms with Gasteiger partial charge in [-0.1, -0.05) is 48.3 Å². The molecule has 23 heavy (non-hydrogen) atoms. The van der Waals surface area contributed by atoms with E-state index >= 15 is 0 Å². The third-order valence-electron chi connectivity index (χ3n) is 4.47. The first kappa shape index (κ1) is 15.8. The molecule has 1 amide bonds. The van der Waals surface area contributed by atoms with Gasteiger partial charge in [-0.3, -0.25) is 4.79 Å². The fourth-order valence-corrected chi connectivity index (χ4v) is 3.36. The van der Waals surface area contributed by atoms with Gasteiger partial charge in [-0.2, -0.15) is 0 Å². The molecule has 1 saturated heterocycles. The predicted octanol–water partition coefficient (Wildman–Crippen LogP) is 4.39. The van der Waals surface area contributed by atoms with E-state index in [2.05, 4.69) is 37.2 Å². The molecular weight excluding hydrogens is 288 g/mol. The number of hydrogen-bond donors (Lipinski definition) is 0. The van der Waals surface area contributed by atoms with Gasteiger partial charge < -0.3 is 9.42 Å². The van der Waals surface area contributed by atoms with Gasteiger partial charge in [0.05, 0.1) is 11.7 Å². The molecule has 2 heterocycles. The highest BCUT2D eigenvalue weighted by Gasteiger charge is 2.32. The van der Waals surface area contributed by atoms with Gasteiger partial charge in [-0.15, -0.1) is 0 Å². The highest BCUT2D eigenvalue weighted by atomic mass is 16.5. The maximum Gasteiger partial charge on any atom is 0.292 e. The van der Waals surface area contributed by atoms with Crippen LogP contribution in [0.4, 0.5) is 0 Å². The van der Waals surface area contributed by atoms with Crippen molar-refractivity contribution in [1.82, 2.24) is 10.1 Å². The van der Waals surface area contributed by atoms with E-state index in [4.69, 9.17) is 4.52 Å². The van der Waals surface area contributed by atoms with Crippen LogP contribution in [0.5, 0.6) is 0 Å². The maximum absolute atomic E-state index is 12.8. The number of carbonyl (C=O) groups excluding carboxylic acids is 1. The van der Waals surface area contributed by atoms with Crippen LogP contribution in [0.2, 0.25) is 0 Å². The Balaban J connectivity index is 1.87. The van der Waals surface area contributed by atoms with Crippen LogP contribution in [0, 0.1) is 13.8 Å². The second kappa shape index (κ2) is 6.19. The average molecular weight is 312 g/mol. The number of aromatic nitrogens is 1. The average Bonchev–Trinajstić information content (AvgIpc) is 3.15. The van der Waals surface area contributed by atoms with Crippen molar-refractivity contribution in [1.29, 1.82) is 0 Å². The molecular formula is C19H24N2O2. The van der Waals surface area contributed by atoms with Crippen LogP contribution >= 0.6 is 0 Å². The Kier molecular flexibility index (Phi) is 4.24. The van der Waals surface area contributed by atoms with Gasteiger partial charge in [0.1, 0.15) is 0 Å². The monoisotopic (exact) mass is 312 g/mol. The van der Waals surface area contributed by atoms with E-state index in [1.54, 1.807) is 6.07 Å². The number of amides is 1. The maximum atomic E-state index is 12.8. The van der Waals surface area contributed by atoms with Gasteiger partial charge in [-0.05, 0) is 38.2 Å². The van der Waals surface area contributed by atoms with E-state index in [1.807, 2.05) is 18.7 Å². The third-order valence-corrected chi connectivity index (χ3v) is 4.47. The van der Waals surface area contributed by atoms with Crippen LogP contribution in [-0.4, -0.2) is 22.5 Å². The summed E-state index contributed by atoms with van der Waals surface area (Å²) < 4.78 is 5.29.